The average Bonchev–Trinajstić information content (AvgIpc) is 2.46. The molecule has 0 aliphatic heterocycles. The average molecular weight is 295 g/mol. The van der Waals surface area contributed by atoms with Gasteiger partial charge < -0.3 is 10.1 Å². The van der Waals surface area contributed by atoms with E-state index in [1.165, 1.54) is 18.2 Å². The normalized spacial score (nSPS) is 11.4. The molecule has 0 aliphatic carbocycles. The molecule has 0 atom stereocenters. The largest absolute Gasteiger partial charge is 0.456 e. The predicted octanol–water partition coefficient (Wildman–Crippen LogP) is 4.61. The van der Waals surface area contributed by atoms with Crippen LogP contribution in [0.25, 0.3) is 0 Å². The summed E-state index contributed by atoms with van der Waals surface area (Å²) in [4.78, 5) is 0. The number of benzene rings is 2. The van der Waals surface area contributed by atoms with Gasteiger partial charge in [-0.1, -0.05) is 37.3 Å². The van der Waals surface area contributed by atoms with E-state index in [1.807, 2.05) is 19.1 Å². The Bertz CT molecular complexity index is 596. The minimum Gasteiger partial charge on any atom is -0.456 e. The number of halogens is 3. The van der Waals surface area contributed by atoms with Crippen molar-refractivity contribution in [2.24, 2.45) is 0 Å². The number of alkyl halides is 3. The zero-order valence-corrected chi connectivity index (χ0v) is 11.6. The first kappa shape index (κ1) is 15.4. The summed E-state index contributed by atoms with van der Waals surface area (Å²) in [6, 6.07) is 12.3. The topological polar surface area (TPSA) is 21.3 Å². The number of hydrogen-bond donors (Lipinski definition) is 1. The van der Waals surface area contributed by atoms with Crippen molar-refractivity contribution in [3.05, 3.63) is 59.7 Å². The lowest BCUT2D eigenvalue weighted by Crippen LogP contribution is -2.12. The van der Waals surface area contributed by atoms with Crippen molar-refractivity contribution in [3.8, 4) is 11.5 Å². The van der Waals surface area contributed by atoms with Gasteiger partial charge in [0.05, 0.1) is 5.56 Å². The molecule has 112 valence electrons. The van der Waals surface area contributed by atoms with Crippen molar-refractivity contribution in [3.63, 3.8) is 0 Å². The Labute approximate surface area is 121 Å². The van der Waals surface area contributed by atoms with Crippen molar-refractivity contribution in [2.45, 2.75) is 19.6 Å². The van der Waals surface area contributed by atoms with E-state index in [9.17, 15) is 13.2 Å². The van der Waals surface area contributed by atoms with E-state index in [4.69, 9.17) is 4.74 Å². The van der Waals surface area contributed by atoms with Gasteiger partial charge in [-0.3, -0.25) is 0 Å². The van der Waals surface area contributed by atoms with E-state index < -0.39 is 11.7 Å². The minimum atomic E-state index is -4.44. The second kappa shape index (κ2) is 6.63. The molecule has 0 amide bonds. The molecule has 0 unspecified atom stereocenters. The highest BCUT2D eigenvalue weighted by atomic mass is 19.4. The fourth-order valence-corrected chi connectivity index (χ4v) is 1.92. The van der Waals surface area contributed by atoms with Crippen LogP contribution in [0.4, 0.5) is 13.2 Å². The standard InChI is InChI=1S/C16H16F3NO/c1-2-20-11-12-7-3-5-9-14(12)21-15-10-6-4-8-13(15)16(17,18)19/h3-10,20H,2,11H2,1H3. The number of rotatable bonds is 5. The Morgan fingerprint density at radius 3 is 2.24 bits per heavy atom. The second-order valence-electron chi connectivity index (χ2n) is 4.48. The van der Waals surface area contributed by atoms with Crippen LogP contribution in [0.2, 0.25) is 0 Å². The van der Waals surface area contributed by atoms with Gasteiger partial charge in [0.25, 0.3) is 0 Å². The molecule has 2 aromatic carbocycles. The van der Waals surface area contributed by atoms with E-state index >= 15 is 0 Å². The number of para-hydroxylation sites is 2. The minimum absolute atomic E-state index is 0.186. The number of hydrogen-bond acceptors (Lipinski definition) is 2. The molecular formula is C16H16F3NO. The van der Waals surface area contributed by atoms with Gasteiger partial charge in [-0.05, 0) is 24.7 Å². The van der Waals surface area contributed by atoms with Gasteiger partial charge in [0.2, 0.25) is 0 Å². The van der Waals surface area contributed by atoms with Gasteiger partial charge in [-0.25, -0.2) is 0 Å². The highest BCUT2D eigenvalue weighted by Crippen LogP contribution is 2.38. The van der Waals surface area contributed by atoms with Crippen LogP contribution in [0, 0.1) is 0 Å². The third-order valence-electron chi connectivity index (χ3n) is 2.95. The summed E-state index contributed by atoms with van der Waals surface area (Å²) >= 11 is 0. The summed E-state index contributed by atoms with van der Waals surface area (Å²) in [5.74, 6) is 0.240. The molecule has 0 heterocycles. The van der Waals surface area contributed by atoms with Crippen LogP contribution >= 0.6 is 0 Å². The third kappa shape index (κ3) is 3.98. The molecule has 0 aliphatic rings. The van der Waals surface area contributed by atoms with E-state index in [0.29, 0.717) is 12.3 Å². The Kier molecular flexibility index (Phi) is 4.85. The maximum absolute atomic E-state index is 13.0. The fourth-order valence-electron chi connectivity index (χ4n) is 1.92. The van der Waals surface area contributed by atoms with Crippen LogP contribution in [0.1, 0.15) is 18.1 Å². The monoisotopic (exact) mass is 295 g/mol. The Morgan fingerprint density at radius 1 is 0.952 bits per heavy atom. The quantitative estimate of drug-likeness (QED) is 0.870. The van der Waals surface area contributed by atoms with Crippen molar-refractivity contribution in [2.75, 3.05) is 6.54 Å². The van der Waals surface area contributed by atoms with E-state index in [2.05, 4.69) is 5.32 Å². The van der Waals surface area contributed by atoms with Crippen molar-refractivity contribution < 1.29 is 17.9 Å². The number of ether oxygens (including phenoxy) is 1. The van der Waals surface area contributed by atoms with Gasteiger partial charge in [0.15, 0.2) is 0 Å². The Morgan fingerprint density at radius 2 is 1.57 bits per heavy atom. The summed E-state index contributed by atoms with van der Waals surface area (Å²) < 4.78 is 44.4. The number of nitrogens with one attached hydrogen (secondary N) is 1. The molecular weight excluding hydrogens is 279 g/mol. The van der Waals surface area contributed by atoms with Gasteiger partial charge in [0, 0.05) is 12.1 Å². The van der Waals surface area contributed by atoms with Gasteiger partial charge in [0.1, 0.15) is 11.5 Å². The summed E-state index contributed by atoms with van der Waals surface area (Å²) in [7, 11) is 0. The predicted molar refractivity (Wildman–Crippen MR) is 75.3 cm³/mol. The summed E-state index contributed by atoms with van der Waals surface area (Å²) in [5, 5.41) is 3.13. The molecule has 0 bridgehead atoms. The highest BCUT2D eigenvalue weighted by Gasteiger charge is 2.34. The van der Waals surface area contributed by atoms with Crippen LogP contribution < -0.4 is 10.1 Å². The lowest BCUT2D eigenvalue weighted by molar-refractivity contribution is -0.138. The maximum atomic E-state index is 13.0. The van der Waals surface area contributed by atoms with Crippen molar-refractivity contribution in [1.82, 2.24) is 5.32 Å². The molecule has 0 aromatic heterocycles. The Balaban J connectivity index is 2.31. The smallest absolute Gasteiger partial charge is 0.419 e. The highest BCUT2D eigenvalue weighted by molar-refractivity contribution is 5.42. The molecule has 1 N–H and O–H groups in total. The van der Waals surface area contributed by atoms with Crippen LogP contribution in [0.5, 0.6) is 11.5 Å². The summed E-state index contributed by atoms with van der Waals surface area (Å²) in [5.41, 5.74) is 0.0413. The van der Waals surface area contributed by atoms with Crippen LogP contribution in [0.15, 0.2) is 48.5 Å². The van der Waals surface area contributed by atoms with Crippen molar-refractivity contribution in [1.29, 1.82) is 0 Å². The first-order valence-electron chi connectivity index (χ1n) is 6.65. The zero-order chi connectivity index (χ0) is 15.3. The Hall–Kier alpha value is -2.01. The third-order valence-corrected chi connectivity index (χ3v) is 2.95. The second-order valence-corrected chi connectivity index (χ2v) is 4.48. The zero-order valence-electron chi connectivity index (χ0n) is 11.6. The fraction of sp³-hybridized carbons (Fsp3) is 0.250. The molecule has 0 spiro atoms. The molecule has 2 nitrogen and oxygen atoms in total. The van der Waals surface area contributed by atoms with Gasteiger partial charge in [-0.15, -0.1) is 0 Å². The van der Waals surface area contributed by atoms with Gasteiger partial charge >= 0.3 is 6.18 Å². The van der Waals surface area contributed by atoms with Crippen LogP contribution in [-0.2, 0) is 12.7 Å². The molecule has 21 heavy (non-hydrogen) atoms. The molecule has 2 aromatic rings. The molecule has 0 saturated heterocycles. The first-order chi connectivity index (χ1) is 10.0. The van der Waals surface area contributed by atoms with Crippen LogP contribution in [-0.4, -0.2) is 6.54 Å². The lowest BCUT2D eigenvalue weighted by atomic mass is 10.1. The SMILES string of the molecule is CCNCc1ccccc1Oc1ccccc1C(F)(F)F. The van der Waals surface area contributed by atoms with E-state index in [-0.39, 0.29) is 5.75 Å². The molecule has 0 radical (unpaired) electrons. The molecule has 0 fully saturated rings. The van der Waals surface area contributed by atoms with Crippen LogP contribution in [0.3, 0.4) is 0 Å². The summed E-state index contributed by atoms with van der Waals surface area (Å²) in [6.45, 7) is 3.27. The van der Waals surface area contributed by atoms with Crippen molar-refractivity contribution >= 4 is 0 Å². The molecule has 0 saturated carbocycles. The molecule has 2 rings (SSSR count). The lowest BCUT2D eigenvalue weighted by Gasteiger charge is -2.15. The van der Waals surface area contributed by atoms with Gasteiger partial charge in [-0.2, -0.15) is 13.2 Å². The van der Waals surface area contributed by atoms with E-state index in [1.54, 1.807) is 12.1 Å². The van der Waals surface area contributed by atoms with E-state index in [0.717, 1.165) is 18.2 Å². The maximum Gasteiger partial charge on any atom is 0.419 e. The first-order valence-corrected chi connectivity index (χ1v) is 6.65. The molecule has 5 heteroatoms. The summed E-state index contributed by atoms with van der Waals surface area (Å²) in [6.07, 6.45) is -4.44.